The lowest BCUT2D eigenvalue weighted by Crippen LogP contribution is -2.19. The number of hydrogen-bond acceptors (Lipinski definition) is 4. The summed E-state index contributed by atoms with van der Waals surface area (Å²) in [7, 11) is 1.69. The molecule has 1 aromatic heterocycles. The molecule has 0 aliphatic carbocycles. The van der Waals surface area contributed by atoms with E-state index in [1.54, 1.807) is 25.3 Å². The minimum absolute atomic E-state index is 0.105. The molecule has 142 valence electrons. The highest BCUT2D eigenvalue weighted by atomic mass is 16.5. The van der Waals surface area contributed by atoms with Crippen molar-refractivity contribution in [3.8, 4) is 5.75 Å². The third-order valence-electron chi connectivity index (χ3n) is 4.61. The van der Waals surface area contributed by atoms with Crippen molar-refractivity contribution in [3.05, 3.63) is 64.1 Å². The Morgan fingerprint density at radius 3 is 2.70 bits per heavy atom. The van der Waals surface area contributed by atoms with Gasteiger partial charge < -0.3 is 20.0 Å². The fourth-order valence-corrected chi connectivity index (χ4v) is 3.14. The molecule has 0 fully saturated rings. The molecule has 0 saturated heterocycles. The number of carbonyl (C=O) groups is 1. The lowest BCUT2D eigenvalue weighted by Gasteiger charge is -2.09. The predicted octanol–water partition coefficient (Wildman–Crippen LogP) is 3.05. The summed E-state index contributed by atoms with van der Waals surface area (Å²) in [5, 5.41) is 3.41. The topological polar surface area (TPSA) is 87.0 Å². The van der Waals surface area contributed by atoms with Crippen molar-refractivity contribution in [2.75, 3.05) is 20.2 Å². The molecule has 0 spiro atoms. The van der Waals surface area contributed by atoms with Crippen molar-refractivity contribution in [3.63, 3.8) is 0 Å². The van der Waals surface area contributed by atoms with Gasteiger partial charge in [-0.1, -0.05) is 18.2 Å². The first-order valence-corrected chi connectivity index (χ1v) is 9.25. The minimum Gasteiger partial charge on any atom is -0.496 e. The minimum atomic E-state index is -0.256. The molecule has 2 aromatic carbocycles. The molecule has 0 amide bonds. The average molecular weight is 367 g/mol. The highest BCUT2D eigenvalue weighted by Crippen LogP contribution is 2.17. The maximum atomic E-state index is 12.3. The second-order valence-electron chi connectivity index (χ2n) is 6.53. The number of imidazole rings is 1. The van der Waals surface area contributed by atoms with E-state index in [1.807, 2.05) is 18.2 Å². The third kappa shape index (κ3) is 5.08. The van der Waals surface area contributed by atoms with Gasteiger partial charge in [0, 0.05) is 12.0 Å². The van der Waals surface area contributed by atoms with Crippen LogP contribution < -0.4 is 15.7 Å². The highest BCUT2D eigenvalue weighted by Gasteiger charge is 2.08. The third-order valence-corrected chi connectivity index (χ3v) is 4.61. The molecular weight excluding hydrogens is 342 g/mol. The number of para-hydroxylation sites is 1. The molecule has 1 heterocycles. The molecule has 0 saturated carbocycles. The van der Waals surface area contributed by atoms with Gasteiger partial charge in [0.1, 0.15) is 5.75 Å². The average Bonchev–Trinajstić information content (AvgIpc) is 3.06. The molecule has 0 atom stereocenters. The van der Waals surface area contributed by atoms with E-state index in [0.717, 1.165) is 43.6 Å². The summed E-state index contributed by atoms with van der Waals surface area (Å²) in [4.78, 5) is 28.9. The van der Waals surface area contributed by atoms with Crippen LogP contribution in [-0.4, -0.2) is 36.0 Å². The summed E-state index contributed by atoms with van der Waals surface area (Å²) in [5.41, 5.74) is 2.97. The Morgan fingerprint density at radius 2 is 1.85 bits per heavy atom. The van der Waals surface area contributed by atoms with Gasteiger partial charge in [-0.25, -0.2) is 4.79 Å². The van der Waals surface area contributed by atoms with Gasteiger partial charge in [-0.15, -0.1) is 0 Å². The fourth-order valence-electron chi connectivity index (χ4n) is 3.14. The zero-order chi connectivity index (χ0) is 19.1. The van der Waals surface area contributed by atoms with Gasteiger partial charge in [0.2, 0.25) is 0 Å². The van der Waals surface area contributed by atoms with Crippen LogP contribution in [0.1, 0.15) is 35.2 Å². The van der Waals surface area contributed by atoms with Gasteiger partial charge in [0.05, 0.1) is 18.1 Å². The Labute approximate surface area is 158 Å². The fraction of sp³-hybridized carbons (Fsp3) is 0.333. The predicted molar refractivity (Wildman–Crippen MR) is 107 cm³/mol. The first kappa shape index (κ1) is 18.9. The number of carbonyl (C=O) groups excluding carboxylic acids is 1. The van der Waals surface area contributed by atoms with Crippen molar-refractivity contribution in [2.45, 2.75) is 25.7 Å². The number of H-pyrrole nitrogens is 2. The maximum Gasteiger partial charge on any atom is 0.323 e. The van der Waals surface area contributed by atoms with Crippen LogP contribution in [0.25, 0.3) is 11.0 Å². The van der Waals surface area contributed by atoms with Gasteiger partial charge >= 0.3 is 5.69 Å². The van der Waals surface area contributed by atoms with E-state index >= 15 is 0 Å². The van der Waals surface area contributed by atoms with Gasteiger partial charge in [0.15, 0.2) is 5.78 Å². The second kappa shape index (κ2) is 9.19. The Bertz CT molecular complexity index is 958. The second-order valence-corrected chi connectivity index (χ2v) is 6.53. The SMILES string of the molecule is COc1ccccc1CCNCCCCC(=O)c1ccc2[nH]c(=O)[nH]c2c1. The van der Waals surface area contributed by atoms with Crippen LogP contribution in [-0.2, 0) is 6.42 Å². The molecule has 6 nitrogen and oxygen atoms in total. The highest BCUT2D eigenvalue weighted by molar-refractivity contribution is 5.98. The first-order valence-electron chi connectivity index (χ1n) is 9.25. The van der Waals surface area contributed by atoms with Crippen molar-refractivity contribution < 1.29 is 9.53 Å². The van der Waals surface area contributed by atoms with Crippen molar-refractivity contribution in [1.82, 2.24) is 15.3 Å². The largest absolute Gasteiger partial charge is 0.496 e. The van der Waals surface area contributed by atoms with Crippen LogP contribution in [0.15, 0.2) is 47.3 Å². The Balaban J connectivity index is 1.36. The number of Topliss-reactive ketones (excluding diaryl/α,β-unsaturated/α-hetero) is 1. The normalized spacial score (nSPS) is 11.0. The number of benzene rings is 2. The smallest absolute Gasteiger partial charge is 0.323 e. The van der Waals surface area contributed by atoms with Crippen LogP contribution in [0.2, 0.25) is 0 Å². The maximum absolute atomic E-state index is 12.3. The number of hydrogen-bond donors (Lipinski definition) is 3. The number of ether oxygens (including phenoxy) is 1. The zero-order valence-corrected chi connectivity index (χ0v) is 15.5. The molecule has 0 bridgehead atoms. The summed E-state index contributed by atoms with van der Waals surface area (Å²) in [5.74, 6) is 1.03. The van der Waals surface area contributed by atoms with E-state index in [1.165, 1.54) is 5.56 Å². The molecule has 0 radical (unpaired) electrons. The van der Waals surface area contributed by atoms with Crippen molar-refractivity contribution >= 4 is 16.8 Å². The van der Waals surface area contributed by atoms with Crippen LogP contribution in [0.3, 0.4) is 0 Å². The number of aromatic nitrogens is 2. The van der Waals surface area contributed by atoms with Crippen molar-refractivity contribution in [1.29, 1.82) is 0 Å². The summed E-state index contributed by atoms with van der Waals surface area (Å²) in [6, 6.07) is 13.3. The molecule has 3 N–H and O–H groups in total. The van der Waals surface area contributed by atoms with Crippen LogP contribution in [0.4, 0.5) is 0 Å². The summed E-state index contributed by atoms with van der Waals surface area (Å²) >= 11 is 0. The summed E-state index contributed by atoms with van der Waals surface area (Å²) in [6.07, 6.45) is 3.20. The lowest BCUT2D eigenvalue weighted by molar-refractivity contribution is 0.0979. The van der Waals surface area contributed by atoms with Crippen LogP contribution >= 0.6 is 0 Å². The van der Waals surface area contributed by atoms with E-state index in [-0.39, 0.29) is 11.5 Å². The number of aromatic amines is 2. The summed E-state index contributed by atoms with van der Waals surface area (Å²) in [6.45, 7) is 1.76. The number of methoxy groups -OCH3 is 1. The van der Waals surface area contributed by atoms with Gasteiger partial charge in [0.25, 0.3) is 0 Å². The Morgan fingerprint density at radius 1 is 1.04 bits per heavy atom. The molecule has 6 heteroatoms. The van der Waals surface area contributed by atoms with Crippen molar-refractivity contribution in [2.24, 2.45) is 0 Å². The van der Waals surface area contributed by atoms with E-state index < -0.39 is 0 Å². The number of nitrogens with one attached hydrogen (secondary N) is 3. The molecule has 0 unspecified atom stereocenters. The Hall–Kier alpha value is -2.86. The molecule has 3 rings (SSSR count). The summed E-state index contributed by atoms with van der Waals surface area (Å²) < 4.78 is 5.35. The molecule has 0 aliphatic heterocycles. The molecule has 27 heavy (non-hydrogen) atoms. The number of fused-ring (bicyclic) bond motifs is 1. The van der Waals surface area contributed by atoms with Crippen LogP contribution in [0, 0.1) is 0 Å². The van der Waals surface area contributed by atoms with E-state index in [9.17, 15) is 9.59 Å². The molecular formula is C21H25N3O3. The van der Waals surface area contributed by atoms with Gasteiger partial charge in [-0.05, 0) is 62.2 Å². The zero-order valence-electron chi connectivity index (χ0n) is 15.5. The van der Waals surface area contributed by atoms with E-state index in [0.29, 0.717) is 17.5 Å². The number of ketones is 1. The standard InChI is InChI=1S/C21H25N3O3/c1-27-20-8-3-2-6-15(20)11-13-22-12-5-4-7-19(25)16-9-10-17-18(14-16)24-21(26)23-17/h2-3,6,8-10,14,22H,4-5,7,11-13H2,1H3,(H2,23,24,26). The number of rotatable bonds is 10. The lowest BCUT2D eigenvalue weighted by atomic mass is 10.0. The monoisotopic (exact) mass is 367 g/mol. The first-order chi connectivity index (χ1) is 13.2. The van der Waals surface area contributed by atoms with E-state index in [2.05, 4.69) is 21.4 Å². The molecule has 3 aromatic rings. The molecule has 0 aliphatic rings. The quantitative estimate of drug-likeness (QED) is 0.380. The van der Waals surface area contributed by atoms with E-state index in [4.69, 9.17) is 4.74 Å². The van der Waals surface area contributed by atoms with Gasteiger partial charge in [-0.2, -0.15) is 0 Å². The Kier molecular flexibility index (Phi) is 6.44. The number of unbranched alkanes of at least 4 members (excludes halogenated alkanes) is 1. The van der Waals surface area contributed by atoms with Gasteiger partial charge in [-0.3, -0.25) is 4.79 Å². The van der Waals surface area contributed by atoms with Crippen LogP contribution in [0.5, 0.6) is 5.75 Å².